The highest BCUT2D eigenvalue weighted by Gasteiger charge is 2.34. The van der Waals surface area contributed by atoms with Crippen LogP contribution in [0.15, 0.2) is 0 Å². The molecule has 1 saturated heterocycles. The molecule has 4 heteroatoms. The summed E-state index contributed by atoms with van der Waals surface area (Å²) in [6.07, 6.45) is 2.55. The molecule has 0 aromatic heterocycles. The smallest absolute Gasteiger partial charge is 0.195 e. The Kier molecular flexibility index (Phi) is 4.21. The average molecular weight is 188 g/mol. The van der Waals surface area contributed by atoms with Crippen LogP contribution < -0.4 is 11.5 Å². The standard InChI is InChI=1S/C8H20N2OSi/c9-3-7-12(8-4-10)6-2-1-5-11-12/h1-10H2. The van der Waals surface area contributed by atoms with Gasteiger partial charge < -0.3 is 15.9 Å². The van der Waals surface area contributed by atoms with E-state index in [1.807, 2.05) is 0 Å². The molecule has 0 atom stereocenters. The summed E-state index contributed by atoms with van der Waals surface area (Å²) in [6.45, 7) is 2.49. The molecule has 0 saturated carbocycles. The van der Waals surface area contributed by atoms with E-state index in [0.717, 1.165) is 31.8 Å². The van der Waals surface area contributed by atoms with Crippen LogP contribution in [0.3, 0.4) is 0 Å². The SMILES string of the molecule is NCC[Si]1(CCN)CCCCO1. The van der Waals surface area contributed by atoms with Crippen LogP contribution in [0, 0.1) is 0 Å². The van der Waals surface area contributed by atoms with Gasteiger partial charge in [0.2, 0.25) is 0 Å². The largest absolute Gasteiger partial charge is 0.417 e. The summed E-state index contributed by atoms with van der Waals surface area (Å²) in [5.41, 5.74) is 11.2. The Hall–Kier alpha value is 0.0969. The molecule has 0 aromatic carbocycles. The first-order valence-electron chi connectivity index (χ1n) is 4.87. The molecule has 3 nitrogen and oxygen atoms in total. The van der Waals surface area contributed by atoms with E-state index in [2.05, 4.69) is 0 Å². The highest BCUT2D eigenvalue weighted by Crippen LogP contribution is 2.28. The highest BCUT2D eigenvalue weighted by molar-refractivity contribution is 6.74. The molecule has 0 radical (unpaired) electrons. The molecule has 0 bridgehead atoms. The van der Waals surface area contributed by atoms with Crippen molar-refractivity contribution < 1.29 is 4.43 Å². The molecule has 12 heavy (non-hydrogen) atoms. The van der Waals surface area contributed by atoms with Crippen molar-refractivity contribution in [2.24, 2.45) is 11.5 Å². The lowest BCUT2D eigenvalue weighted by Crippen LogP contribution is -2.44. The summed E-state index contributed by atoms with van der Waals surface area (Å²) >= 11 is 0. The lowest BCUT2D eigenvalue weighted by Gasteiger charge is -2.34. The van der Waals surface area contributed by atoms with Gasteiger partial charge in [0.15, 0.2) is 8.32 Å². The highest BCUT2D eigenvalue weighted by atomic mass is 28.4. The third kappa shape index (κ3) is 2.55. The normalized spacial score (nSPS) is 22.5. The lowest BCUT2D eigenvalue weighted by molar-refractivity contribution is 0.266. The summed E-state index contributed by atoms with van der Waals surface area (Å²) < 4.78 is 5.93. The molecule has 1 aliphatic heterocycles. The molecule has 0 spiro atoms. The molecule has 4 N–H and O–H groups in total. The molecular formula is C8H20N2OSi. The van der Waals surface area contributed by atoms with E-state index in [1.54, 1.807) is 0 Å². The minimum atomic E-state index is -1.43. The molecule has 0 amide bonds. The van der Waals surface area contributed by atoms with Crippen LogP contribution >= 0.6 is 0 Å². The summed E-state index contributed by atoms with van der Waals surface area (Å²) in [5.74, 6) is 0. The van der Waals surface area contributed by atoms with Gasteiger partial charge in [0.1, 0.15) is 0 Å². The van der Waals surface area contributed by atoms with Crippen molar-refractivity contribution in [2.75, 3.05) is 19.7 Å². The van der Waals surface area contributed by atoms with Crippen LogP contribution in [0.4, 0.5) is 0 Å². The Bertz CT molecular complexity index is 111. The van der Waals surface area contributed by atoms with Gasteiger partial charge in [-0.05, 0) is 37.6 Å². The molecule has 1 aliphatic rings. The van der Waals surface area contributed by atoms with Gasteiger partial charge in [-0.3, -0.25) is 0 Å². The van der Waals surface area contributed by atoms with E-state index in [4.69, 9.17) is 15.9 Å². The van der Waals surface area contributed by atoms with Crippen LogP contribution in [-0.2, 0) is 4.43 Å². The predicted molar refractivity (Wildman–Crippen MR) is 53.5 cm³/mol. The Morgan fingerprint density at radius 1 is 1.08 bits per heavy atom. The maximum atomic E-state index is 5.93. The summed E-state index contributed by atoms with van der Waals surface area (Å²) in [6, 6.07) is 3.48. The Morgan fingerprint density at radius 2 is 1.75 bits per heavy atom. The zero-order valence-corrected chi connectivity index (χ0v) is 8.72. The first kappa shape index (κ1) is 10.2. The second kappa shape index (κ2) is 4.96. The maximum absolute atomic E-state index is 5.93. The van der Waals surface area contributed by atoms with Gasteiger partial charge >= 0.3 is 0 Å². The summed E-state index contributed by atoms with van der Waals surface area (Å²) in [5, 5.41) is 0. The van der Waals surface area contributed by atoms with Crippen molar-refractivity contribution in [1.29, 1.82) is 0 Å². The van der Waals surface area contributed by atoms with Crippen LogP contribution in [0.5, 0.6) is 0 Å². The van der Waals surface area contributed by atoms with Crippen LogP contribution in [0.25, 0.3) is 0 Å². The average Bonchev–Trinajstić information content (AvgIpc) is 2.07. The van der Waals surface area contributed by atoms with Crippen molar-refractivity contribution >= 4 is 8.32 Å². The molecular weight excluding hydrogens is 168 g/mol. The van der Waals surface area contributed by atoms with Crippen molar-refractivity contribution in [3.8, 4) is 0 Å². The minimum absolute atomic E-state index is 0.770. The third-order valence-corrected chi connectivity index (χ3v) is 7.12. The lowest BCUT2D eigenvalue weighted by atomic mass is 10.4. The Labute approximate surface area is 75.6 Å². The van der Waals surface area contributed by atoms with Gasteiger partial charge in [-0.2, -0.15) is 0 Å². The van der Waals surface area contributed by atoms with Crippen LogP contribution in [0.2, 0.25) is 18.1 Å². The zero-order chi connectivity index (χ0) is 8.86. The van der Waals surface area contributed by atoms with Gasteiger partial charge in [-0.15, -0.1) is 0 Å². The second-order valence-corrected chi connectivity index (χ2v) is 7.72. The fourth-order valence-corrected chi connectivity index (χ4v) is 5.66. The first-order chi connectivity index (χ1) is 5.83. The quantitative estimate of drug-likeness (QED) is 0.637. The van der Waals surface area contributed by atoms with Crippen molar-refractivity contribution in [1.82, 2.24) is 0 Å². The Morgan fingerprint density at radius 3 is 2.17 bits per heavy atom. The van der Waals surface area contributed by atoms with Gasteiger partial charge in [0.25, 0.3) is 0 Å². The number of rotatable bonds is 4. The van der Waals surface area contributed by atoms with Crippen molar-refractivity contribution in [3.63, 3.8) is 0 Å². The predicted octanol–water partition coefficient (Wildman–Crippen LogP) is 0.660. The molecule has 1 heterocycles. The maximum Gasteiger partial charge on any atom is 0.195 e. The monoisotopic (exact) mass is 188 g/mol. The number of hydrogen-bond donors (Lipinski definition) is 2. The topological polar surface area (TPSA) is 61.3 Å². The van der Waals surface area contributed by atoms with Crippen molar-refractivity contribution in [2.45, 2.75) is 31.0 Å². The Balaban J connectivity index is 2.44. The third-order valence-electron chi connectivity index (χ3n) is 2.63. The van der Waals surface area contributed by atoms with Gasteiger partial charge in [-0.25, -0.2) is 0 Å². The fraction of sp³-hybridized carbons (Fsp3) is 1.00. The molecule has 1 rings (SSSR count). The first-order valence-corrected chi connectivity index (χ1v) is 7.40. The van der Waals surface area contributed by atoms with Gasteiger partial charge in [0, 0.05) is 6.61 Å². The molecule has 72 valence electrons. The molecule has 0 aliphatic carbocycles. The molecule has 0 unspecified atom stereocenters. The van der Waals surface area contributed by atoms with E-state index in [9.17, 15) is 0 Å². The summed E-state index contributed by atoms with van der Waals surface area (Å²) in [4.78, 5) is 0. The zero-order valence-electron chi connectivity index (χ0n) is 7.72. The number of nitrogens with two attached hydrogens (primary N) is 2. The minimum Gasteiger partial charge on any atom is -0.417 e. The molecule has 0 aromatic rings. The van der Waals surface area contributed by atoms with E-state index in [-0.39, 0.29) is 0 Å². The van der Waals surface area contributed by atoms with Gasteiger partial charge in [0.05, 0.1) is 0 Å². The van der Waals surface area contributed by atoms with E-state index in [0.29, 0.717) is 0 Å². The van der Waals surface area contributed by atoms with Gasteiger partial charge in [-0.1, -0.05) is 6.42 Å². The van der Waals surface area contributed by atoms with E-state index < -0.39 is 8.32 Å². The second-order valence-electron chi connectivity index (χ2n) is 3.57. The van der Waals surface area contributed by atoms with Crippen LogP contribution in [-0.4, -0.2) is 28.0 Å². The van der Waals surface area contributed by atoms with E-state index >= 15 is 0 Å². The van der Waals surface area contributed by atoms with Crippen molar-refractivity contribution in [3.05, 3.63) is 0 Å². The summed E-state index contributed by atoms with van der Waals surface area (Å²) in [7, 11) is -1.43. The molecule has 1 fully saturated rings. The van der Waals surface area contributed by atoms with Crippen LogP contribution in [0.1, 0.15) is 12.8 Å². The number of hydrogen-bond acceptors (Lipinski definition) is 3. The fourth-order valence-electron chi connectivity index (χ4n) is 1.96. The van der Waals surface area contributed by atoms with E-state index in [1.165, 1.54) is 18.9 Å².